The van der Waals surface area contributed by atoms with Gasteiger partial charge in [-0.3, -0.25) is 0 Å². The highest BCUT2D eigenvalue weighted by Gasteiger charge is 2.03. The zero-order valence-electron chi connectivity index (χ0n) is 13.7. The second-order valence-electron chi connectivity index (χ2n) is 5.80. The molecule has 0 radical (unpaired) electrons. The molecule has 0 aliphatic carbocycles. The molecule has 0 aliphatic rings. The van der Waals surface area contributed by atoms with Gasteiger partial charge in [0, 0.05) is 12.6 Å². The van der Waals surface area contributed by atoms with Gasteiger partial charge in [0.2, 0.25) is 0 Å². The maximum atomic E-state index is 5.68. The normalized spacial score (nSPS) is 12.1. The fraction of sp³-hybridized carbons (Fsp3) is 0.400. The zero-order chi connectivity index (χ0) is 15.6. The van der Waals surface area contributed by atoms with Crippen molar-refractivity contribution in [2.75, 3.05) is 6.61 Å². The van der Waals surface area contributed by atoms with E-state index in [4.69, 9.17) is 4.74 Å². The Bertz CT molecular complexity index is 538. The lowest BCUT2D eigenvalue weighted by atomic mass is 10.1. The maximum absolute atomic E-state index is 5.68. The minimum absolute atomic E-state index is 0.500. The molecule has 2 heteroatoms. The summed E-state index contributed by atoms with van der Waals surface area (Å²) >= 11 is 0. The highest BCUT2D eigenvalue weighted by atomic mass is 16.5. The van der Waals surface area contributed by atoms with Crippen molar-refractivity contribution in [1.82, 2.24) is 5.32 Å². The van der Waals surface area contributed by atoms with E-state index in [0.29, 0.717) is 6.04 Å². The Balaban J connectivity index is 1.74. The van der Waals surface area contributed by atoms with E-state index >= 15 is 0 Å². The third-order valence-electron chi connectivity index (χ3n) is 3.73. The van der Waals surface area contributed by atoms with E-state index < -0.39 is 0 Å². The summed E-state index contributed by atoms with van der Waals surface area (Å²) in [5.41, 5.74) is 2.69. The third-order valence-corrected chi connectivity index (χ3v) is 3.73. The average molecular weight is 297 g/mol. The standard InChI is InChI=1S/C20H27NO/c1-3-14-22-20-11-7-10-19(15-20)16-21-17(2)12-13-18-8-5-4-6-9-18/h4-11,15,17,21H,3,12-14,16H2,1-2H3/t17-/m1/s1. The highest BCUT2D eigenvalue weighted by Crippen LogP contribution is 2.14. The molecule has 0 aliphatic heterocycles. The van der Waals surface area contributed by atoms with Crippen LogP contribution < -0.4 is 10.1 Å². The number of nitrogens with one attached hydrogen (secondary N) is 1. The van der Waals surface area contributed by atoms with E-state index in [9.17, 15) is 0 Å². The number of rotatable bonds is 9. The van der Waals surface area contributed by atoms with Gasteiger partial charge in [0.15, 0.2) is 0 Å². The van der Waals surface area contributed by atoms with Crippen LogP contribution in [0.5, 0.6) is 5.75 Å². The van der Waals surface area contributed by atoms with E-state index in [1.165, 1.54) is 11.1 Å². The number of hydrogen-bond donors (Lipinski definition) is 1. The average Bonchev–Trinajstić information content (AvgIpc) is 2.57. The Morgan fingerprint density at radius 3 is 2.55 bits per heavy atom. The van der Waals surface area contributed by atoms with Crippen molar-refractivity contribution in [3.63, 3.8) is 0 Å². The summed E-state index contributed by atoms with van der Waals surface area (Å²) in [6, 6.07) is 19.5. The largest absolute Gasteiger partial charge is 0.494 e. The number of hydrogen-bond acceptors (Lipinski definition) is 2. The smallest absolute Gasteiger partial charge is 0.119 e. The summed E-state index contributed by atoms with van der Waals surface area (Å²) in [4.78, 5) is 0. The van der Waals surface area contributed by atoms with Gasteiger partial charge in [0.05, 0.1) is 6.61 Å². The molecule has 0 saturated carbocycles. The van der Waals surface area contributed by atoms with Crippen LogP contribution in [0.1, 0.15) is 37.8 Å². The number of ether oxygens (including phenoxy) is 1. The fourth-order valence-corrected chi connectivity index (χ4v) is 2.39. The minimum Gasteiger partial charge on any atom is -0.494 e. The monoisotopic (exact) mass is 297 g/mol. The van der Waals surface area contributed by atoms with Crippen molar-refractivity contribution >= 4 is 0 Å². The molecule has 2 aromatic rings. The van der Waals surface area contributed by atoms with Crippen LogP contribution in [0.4, 0.5) is 0 Å². The summed E-state index contributed by atoms with van der Waals surface area (Å²) in [5.74, 6) is 0.970. The Hall–Kier alpha value is -1.80. The van der Waals surface area contributed by atoms with Crippen LogP contribution >= 0.6 is 0 Å². The molecule has 1 atom stereocenters. The van der Waals surface area contributed by atoms with Crippen LogP contribution in [0.3, 0.4) is 0 Å². The first-order valence-corrected chi connectivity index (χ1v) is 8.27. The molecule has 0 saturated heterocycles. The molecule has 0 bridgehead atoms. The van der Waals surface area contributed by atoms with Crippen molar-refractivity contribution in [2.45, 2.75) is 45.7 Å². The van der Waals surface area contributed by atoms with Gasteiger partial charge in [-0.15, -0.1) is 0 Å². The Labute approximate surface area is 134 Å². The summed E-state index contributed by atoms with van der Waals surface area (Å²) in [5, 5.41) is 3.60. The van der Waals surface area contributed by atoms with Gasteiger partial charge in [-0.05, 0) is 49.4 Å². The molecule has 0 heterocycles. The lowest BCUT2D eigenvalue weighted by molar-refractivity contribution is 0.317. The molecule has 0 amide bonds. The SMILES string of the molecule is CCCOc1cccc(CN[C@H](C)CCc2ccccc2)c1. The van der Waals surface area contributed by atoms with Crippen LogP contribution in [-0.2, 0) is 13.0 Å². The predicted octanol–water partition coefficient (Wildman–Crippen LogP) is 4.59. The molecule has 2 nitrogen and oxygen atoms in total. The zero-order valence-corrected chi connectivity index (χ0v) is 13.7. The predicted molar refractivity (Wildman–Crippen MR) is 93.3 cm³/mol. The molecule has 118 valence electrons. The lowest BCUT2D eigenvalue weighted by Crippen LogP contribution is -2.25. The Morgan fingerprint density at radius 1 is 1.00 bits per heavy atom. The molecule has 2 rings (SSSR count). The first kappa shape index (κ1) is 16.6. The Morgan fingerprint density at radius 2 is 1.77 bits per heavy atom. The van der Waals surface area contributed by atoms with Gasteiger partial charge >= 0.3 is 0 Å². The van der Waals surface area contributed by atoms with Crippen LogP contribution in [0.2, 0.25) is 0 Å². The first-order valence-electron chi connectivity index (χ1n) is 8.27. The summed E-state index contributed by atoms with van der Waals surface area (Å²) < 4.78 is 5.68. The first-order chi connectivity index (χ1) is 10.8. The molecule has 0 unspecified atom stereocenters. The van der Waals surface area contributed by atoms with E-state index in [-0.39, 0.29) is 0 Å². The lowest BCUT2D eigenvalue weighted by Gasteiger charge is -2.14. The van der Waals surface area contributed by atoms with Crippen LogP contribution in [0.25, 0.3) is 0 Å². The van der Waals surface area contributed by atoms with Crippen LogP contribution in [0, 0.1) is 0 Å². The van der Waals surface area contributed by atoms with Gasteiger partial charge in [-0.2, -0.15) is 0 Å². The Kier molecular flexibility index (Phi) is 6.98. The molecule has 0 aromatic heterocycles. The molecule has 1 N–H and O–H groups in total. The summed E-state index contributed by atoms with van der Waals surface area (Å²) in [6.07, 6.45) is 3.31. The van der Waals surface area contributed by atoms with Crippen molar-refractivity contribution in [3.8, 4) is 5.75 Å². The fourth-order valence-electron chi connectivity index (χ4n) is 2.39. The van der Waals surface area contributed by atoms with Gasteiger partial charge < -0.3 is 10.1 Å². The second-order valence-corrected chi connectivity index (χ2v) is 5.80. The van der Waals surface area contributed by atoms with Gasteiger partial charge in [0.25, 0.3) is 0 Å². The van der Waals surface area contributed by atoms with E-state index in [1.54, 1.807) is 0 Å². The number of benzene rings is 2. The quantitative estimate of drug-likeness (QED) is 0.731. The van der Waals surface area contributed by atoms with Crippen LogP contribution in [-0.4, -0.2) is 12.6 Å². The van der Waals surface area contributed by atoms with Crippen molar-refractivity contribution in [1.29, 1.82) is 0 Å². The topological polar surface area (TPSA) is 21.3 Å². The van der Waals surface area contributed by atoms with Crippen LogP contribution in [0.15, 0.2) is 54.6 Å². The molecule has 2 aromatic carbocycles. The van der Waals surface area contributed by atoms with E-state index in [0.717, 1.165) is 38.2 Å². The van der Waals surface area contributed by atoms with Crippen molar-refractivity contribution in [3.05, 3.63) is 65.7 Å². The highest BCUT2D eigenvalue weighted by molar-refractivity contribution is 5.28. The molecule has 0 fully saturated rings. The molecular weight excluding hydrogens is 270 g/mol. The third kappa shape index (κ3) is 5.90. The van der Waals surface area contributed by atoms with Crippen molar-refractivity contribution < 1.29 is 4.74 Å². The van der Waals surface area contributed by atoms with Gasteiger partial charge in [0.1, 0.15) is 5.75 Å². The minimum atomic E-state index is 0.500. The molecular formula is C20H27NO. The number of aryl methyl sites for hydroxylation is 1. The van der Waals surface area contributed by atoms with Crippen molar-refractivity contribution in [2.24, 2.45) is 0 Å². The van der Waals surface area contributed by atoms with Gasteiger partial charge in [-0.1, -0.05) is 49.4 Å². The van der Waals surface area contributed by atoms with E-state index in [1.807, 2.05) is 6.07 Å². The van der Waals surface area contributed by atoms with E-state index in [2.05, 4.69) is 67.7 Å². The van der Waals surface area contributed by atoms with Gasteiger partial charge in [-0.25, -0.2) is 0 Å². The summed E-state index contributed by atoms with van der Waals surface area (Å²) in [7, 11) is 0. The molecule has 0 spiro atoms. The second kappa shape index (κ2) is 9.26. The molecule has 22 heavy (non-hydrogen) atoms. The summed E-state index contributed by atoms with van der Waals surface area (Å²) in [6.45, 7) is 6.05. The maximum Gasteiger partial charge on any atom is 0.119 e.